The molecule has 0 aromatic heterocycles. The average molecular weight is 360 g/mol. The van der Waals surface area contributed by atoms with Crippen molar-refractivity contribution in [2.24, 2.45) is 0 Å². The third-order valence-corrected chi connectivity index (χ3v) is 4.76. The number of carbonyl (C=O) groups excluding carboxylic acids is 1. The van der Waals surface area contributed by atoms with Gasteiger partial charge in [0.1, 0.15) is 5.75 Å². The first-order chi connectivity index (χ1) is 11.9. The number of amides is 1. The van der Waals surface area contributed by atoms with Gasteiger partial charge in [0, 0.05) is 12.2 Å². The molecule has 25 heavy (non-hydrogen) atoms. The first kappa shape index (κ1) is 18.7. The van der Waals surface area contributed by atoms with Crippen molar-refractivity contribution in [1.29, 1.82) is 0 Å². The highest BCUT2D eigenvalue weighted by atomic mass is 32.2. The van der Waals surface area contributed by atoms with Crippen LogP contribution in [0, 0.1) is 6.92 Å². The molecule has 1 amide bonds. The maximum absolute atomic E-state index is 11.9. The van der Waals surface area contributed by atoms with Crippen molar-refractivity contribution in [1.82, 2.24) is 4.72 Å². The van der Waals surface area contributed by atoms with E-state index in [1.54, 1.807) is 6.07 Å². The molecule has 0 spiro atoms. The number of hydrogen-bond acceptors (Lipinski definition) is 4. The molecule has 0 unspecified atom stereocenters. The first-order valence-corrected chi connectivity index (χ1v) is 9.09. The fourth-order valence-electron chi connectivity index (χ4n) is 2.03. The van der Waals surface area contributed by atoms with Gasteiger partial charge >= 0.3 is 0 Å². The van der Waals surface area contributed by atoms with E-state index in [0.717, 1.165) is 5.56 Å². The van der Waals surface area contributed by atoms with E-state index in [2.05, 4.69) is 16.6 Å². The normalized spacial score (nSPS) is 10.9. The van der Waals surface area contributed by atoms with Gasteiger partial charge in [0.2, 0.25) is 10.0 Å². The number of nitrogens with one attached hydrogen (secondary N) is 2. The van der Waals surface area contributed by atoms with E-state index < -0.39 is 10.0 Å². The maximum Gasteiger partial charge on any atom is 0.262 e. The van der Waals surface area contributed by atoms with Gasteiger partial charge in [-0.05, 0) is 42.8 Å². The number of hydrogen-bond donors (Lipinski definition) is 2. The summed E-state index contributed by atoms with van der Waals surface area (Å²) in [6.07, 6.45) is 1.46. The Bertz CT molecular complexity index is 846. The molecular weight excluding hydrogens is 340 g/mol. The molecule has 0 saturated heterocycles. The predicted molar refractivity (Wildman–Crippen MR) is 97.1 cm³/mol. The van der Waals surface area contributed by atoms with Crippen molar-refractivity contribution < 1.29 is 17.9 Å². The maximum atomic E-state index is 11.9. The summed E-state index contributed by atoms with van der Waals surface area (Å²) in [7, 11) is -3.58. The zero-order chi connectivity index (χ0) is 18.3. The Morgan fingerprint density at radius 2 is 1.84 bits per heavy atom. The molecule has 0 radical (unpaired) electrons. The number of benzene rings is 2. The van der Waals surface area contributed by atoms with E-state index in [-0.39, 0.29) is 24.0 Å². The minimum atomic E-state index is -3.58. The van der Waals surface area contributed by atoms with Crippen LogP contribution in [0.3, 0.4) is 0 Å². The summed E-state index contributed by atoms with van der Waals surface area (Å²) < 4.78 is 31.7. The summed E-state index contributed by atoms with van der Waals surface area (Å²) in [6.45, 7) is 5.38. The Morgan fingerprint density at radius 3 is 2.48 bits per heavy atom. The first-order valence-electron chi connectivity index (χ1n) is 7.61. The molecule has 0 aliphatic heterocycles. The molecular formula is C18H20N2O4S. The van der Waals surface area contributed by atoms with Crippen LogP contribution in [-0.2, 0) is 14.8 Å². The Hall–Kier alpha value is -2.64. The third-order valence-electron chi connectivity index (χ3n) is 3.32. The third kappa shape index (κ3) is 5.44. The summed E-state index contributed by atoms with van der Waals surface area (Å²) in [5.41, 5.74) is 1.43. The molecule has 2 aromatic rings. The fourth-order valence-corrected chi connectivity index (χ4v) is 3.03. The molecule has 7 heteroatoms. The molecule has 0 bridgehead atoms. The van der Waals surface area contributed by atoms with Crippen molar-refractivity contribution in [2.75, 3.05) is 18.5 Å². The van der Waals surface area contributed by atoms with Gasteiger partial charge in [-0.2, -0.15) is 0 Å². The lowest BCUT2D eigenvalue weighted by atomic mass is 10.2. The molecule has 0 fully saturated rings. The van der Waals surface area contributed by atoms with Gasteiger partial charge in [-0.3, -0.25) is 4.79 Å². The van der Waals surface area contributed by atoms with Gasteiger partial charge in [-0.25, -0.2) is 13.1 Å². The number of rotatable bonds is 8. The second-order valence-electron chi connectivity index (χ2n) is 5.27. The van der Waals surface area contributed by atoms with Crippen LogP contribution in [0.5, 0.6) is 5.75 Å². The topological polar surface area (TPSA) is 84.5 Å². The fraction of sp³-hybridized carbons (Fsp3) is 0.167. The highest BCUT2D eigenvalue weighted by molar-refractivity contribution is 7.89. The van der Waals surface area contributed by atoms with Crippen LogP contribution in [0.25, 0.3) is 0 Å². The lowest BCUT2D eigenvalue weighted by Crippen LogP contribution is -2.23. The van der Waals surface area contributed by atoms with Crippen molar-refractivity contribution in [2.45, 2.75) is 11.8 Å². The second-order valence-corrected chi connectivity index (χ2v) is 7.03. The molecule has 2 aromatic carbocycles. The van der Waals surface area contributed by atoms with Crippen molar-refractivity contribution in [3.63, 3.8) is 0 Å². The highest BCUT2D eigenvalue weighted by Gasteiger charge is 2.12. The van der Waals surface area contributed by atoms with E-state index in [1.807, 2.05) is 25.1 Å². The minimum Gasteiger partial charge on any atom is -0.483 e. The van der Waals surface area contributed by atoms with E-state index in [1.165, 1.54) is 30.3 Å². The van der Waals surface area contributed by atoms with Crippen LogP contribution in [0.4, 0.5) is 5.69 Å². The average Bonchev–Trinajstić information content (AvgIpc) is 2.60. The number of anilines is 1. The molecule has 0 aliphatic carbocycles. The SMILES string of the molecule is C=CCNS(=O)(=O)c1ccc(NC(=O)COc2ccccc2C)cc1. The lowest BCUT2D eigenvalue weighted by molar-refractivity contribution is -0.118. The summed E-state index contributed by atoms with van der Waals surface area (Å²) >= 11 is 0. The number of sulfonamides is 1. The Kier molecular flexibility index (Phi) is 6.32. The largest absolute Gasteiger partial charge is 0.483 e. The molecule has 132 valence electrons. The van der Waals surface area contributed by atoms with Crippen LogP contribution >= 0.6 is 0 Å². The van der Waals surface area contributed by atoms with E-state index >= 15 is 0 Å². The predicted octanol–water partition coefficient (Wildman–Crippen LogP) is 2.48. The summed E-state index contributed by atoms with van der Waals surface area (Å²) in [5.74, 6) is 0.316. The van der Waals surface area contributed by atoms with Crippen LogP contribution in [0.1, 0.15) is 5.56 Å². The summed E-state index contributed by atoms with van der Waals surface area (Å²) in [4.78, 5) is 12.1. The zero-order valence-electron chi connectivity index (χ0n) is 13.9. The zero-order valence-corrected chi connectivity index (χ0v) is 14.7. The van der Waals surface area contributed by atoms with Crippen molar-refractivity contribution in [3.05, 3.63) is 66.7 Å². The van der Waals surface area contributed by atoms with Gasteiger partial charge in [-0.1, -0.05) is 24.3 Å². The Labute approximate surface area is 147 Å². The van der Waals surface area contributed by atoms with Gasteiger partial charge in [-0.15, -0.1) is 6.58 Å². The van der Waals surface area contributed by atoms with E-state index in [0.29, 0.717) is 11.4 Å². The number of para-hydroxylation sites is 1. The van der Waals surface area contributed by atoms with Crippen LogP contribution in [0.2, 0.25) is 0 Å². The lowest BCUT2D eigenvalue weighted by Gasteiger charge is -2.10. The second kappa shape index (κ2) is 8.46. The Morgan fingerprint density at radius 1 is 1.16 bits per heavy atom. The van der Waals surface area contributed by atoms with Crippen LogP contribution < -0.4 is 14.8 Å². The number of ether oxygens (including phenoxy) is 1. The molecule has 6 nitrogen and oxygen atoms in total. The molecule has 0 atom stereocenters. The number of carbonyl (C=O) groups is 1. The smallest absolute Gasteiger partial charge is 0.262 e. The van der Waals surface area contributed by atoms with Gasteiger partial charge in [0.15, 0.2) is 6.61 Å². The molecule has 0 heterocycles. The quantitative estimate of drug-likeness (QED) is 0.708. The van der Waals surface area contributed by atoms with Crippen molar-refractivity contribution >= 4 is 21.6 Å². The van der Waals surface area contributed by atoms with Crippen LogP contribution in [0.15, 0.2) is 66.1 Å². The molecule has 0 aliphatic rings. The number of aryl methyl sites for hydroxylation is 1. The monoisotopic (exact) mass is 360 g/mol. The van der Waals surface area contributed by atoms with E-state index in [4.69, 9.17) is 4.74 Å². The van der Waals surface area contributed by atoms with Gasteiger partial charge in [0.05, 0.1) is 4.90 Å². The molecule has 2 rings (SSSR count). The standard InChI is InChI=1S/C18H20N2O4S/c1-3-12-19-25(22,23)16-10-8-15(9-11-16)20-18(21)13-24-17-7-5-4-6-14(17)2/h3-11,19H,1,12-13H2,2H3,(H,20,21). The molecule has 0 saturated carbocycles. The van der Waals surface area contributed by atoms with Crippen molar-refractivity contribution in [3.8, 4) is 5.75 Å². The van der Waals surface area contributed by atoms with Crippen LogP contribution in [-0.4, -0.2) is 27.5 Å². The Balaban J connectivity index is 1.93. The summed E-state index contributed by atoms with van der Waals surface area (Å²) in [6, 6.07) is 13.3. The highest BCUT2D eigenvalue weighted by Crippen LogP contribution is 2.17. The molecule has 2 N–H and O–H groups in total. The summed E-state index contributed by atoms with van der Waals surface area (Å²) in [5, 5.41) is 2.66. The van der Waals surface area contributed by atoms with E-state index in [9.17, 15) is 13.2 Å². The minimum absolute atomic E-state index is 0.114. The van der Waals surface area contributed by atoms with Gasteiger partial charge < -0.3 is 10.1 Å². The van der Waals surface area contributed by atoms with Gasteiger partial charge in [0.25, 0.3) is 5.91 Å².